The first kappa shape index (κ1) is 9.71. The summed E-state index contributed by atoms with van der Waals surface area (Å²) < 4.78 is 1.89. The van der Waals surface area contributed by atoms with Crippen molar-refractivity contribution in [2.75, 3.05) is 0 Å². The molecule has 3 nitrogen and oxygen atoms in total. The maximum absolute atomic E-state index is 6.16. The van der Waals surface area contributed by atoms with Gasteiger partial charge in [-0.3, -0.25) is 4.68 Å². The van der Waals surface area contributed by atoms with Gasteiger partial charge in [0.15, 0.2) is 0 Å². The van der Waals surface area contributed by atoms with E-state index in [1.807, 2.05) is 24.0 Å². The Morgan fingerprint density at radius 3 is 2.86 bits per heavy atom. The Balaban J connectivity index is 1.95. The van der Waals surface area contributed by atoms with Gasteiger partial charge in [0.05, 0.1) is 5.69 Å². The summed E-state index contributed by atoms with van der Waals surface area (Å²) >= 11 is 0. The molecule has 1 aromatic heterocycles. The van der Waals surface area contributed by atoms with Crippen molar-refractivity contribution in [2.24, 2.45) is 18.7 Å². The van der Waals surface area contributed by atoms with Gasteiger partial charge in [0.1, 0.15) is 0 Å². The third-order valence-electron chi connectivity index (χ3n) is 3.30. The summed E-state index contributed by atoms with van der Waals surface area (Å²) in [5.41, 5.74) is 7.32. The van der Waals surface area contributed by atoms with Crippen molar-refractivity contribution >= 4 is 0 Å². The Bertz CT molecular complexity index is 286. The maximum Gasteiger partial charge on any atom is 0.0548 e. The number of nitrogens with zero attached hydrogens (tertiary/aromatic N) is 2. The molecular formula is C11H19N3. The zero-order valence-electron chi connectivity index (χ0n) is 8.82. The molecule has 14 heavy (non-hydrogen) atoms. The second-order valence-electron chi connectivity index (χ2n) is 4.37. The van der Waals surface area contributed by atoms with Gasteiger partial charge in [0.25, 0.3) is 0 Å². The van der Waals surface area contributed by atoms with Gasteiger partial charge < -0.3 is 5.73 Å². The molecule has 1 saturated carbocycles. The molecule has 1 aliphatic carbocycles. The van der Waals surface area contributed by atoms with E-state index >= 15 is 0 Å². The van der Waals surface area contributed by atoms with Gasteiger partial charge >= 0.3 is 0 Å². The number of aryl methyl sites for hydroxylation is 1. The van der Waals surface area contributed by atoms with E-state index in [4.69, 9.17) is 5.73 Å². The zero-order valence-corrected chi connectivity index (χ0v) is 8.82. The van der Waals surface area contributed by atoms with Gasteiger partial charge in [-0.15, -0.1) is 0 Å². The normalized spacial score (nSPS) is 20.1. The number of aromatic nitrogens is 2. The van der Waals surface area contributed by atoms with Gasteiger partial charge in [-0.1, -0.05) is 25.7 Å². The SMILES string of the molecule is Cn1nccc1C(N)CC1CCCC1. The van der Waals surface area contributed by atoms with Crippen molar-refractivity contribution in [3.8, 4) is 0 Å². The molecule has 2 N–H and O–H groups in total. The van der Waals surface area contributed by atoms with Crippen molar-refractivity contribution in [3.63, 3.8) is 0 Å². The quantitative estimate of drug-likeness (QED) is 0.798. The fraction of sp³-hybridized carbons (Fsp3) is 0.727. The molecule has 1 unspecified atom stereocenters. The zero-order chi connectivity index (χ0) is 9.97. The third kappa shape index (κ3) is 1.98. The summed E-state index contributed by atoms with van der Waals surface area (Å²) in [6.07, 6.45) is 8.46. The molecule has 1 fully saturated rings. The van der Waals surface area contributed by atoms with E-state index in [1.54, 1.807) is 0 Å². The summed E-state index contributed by atoms with van der Waals surface area (Å²) in [6.45, 7) is 0. The first-order chi connectivity index (χ1) is 6.77. The van der Waals surface area contributed by atoms with E-state index in [1.165, 1.54) is 25.7 Å². The van der Waals surface area contributed by atoms with Crippen LogP contribution in [0.1, 0.15) is 43.8 Å². The average molecular weight is 193 g/mol. The van der Waals surface area contributed by atoms with Crippen LogP contribution in [0.15, 0.2) is 12.3 Å². The Labute approximate surface area is 85.3 Å². The number of rotatable bonds is 3. The first-order valence-electron chi connectivity index (χ1n) is 5.51. The van der Waals surface area contributed by atoms with Gasteiger partial charge in [-0.05, 0) is 18.4 Å². The van der Waals surface area contributed by atoms with Crippen LogP contribution in [0.5, 0.6) is 0 Å². The second kappa shape index (κ2) is 4.13. The Morgan fingerprint density at radius 2 is 2.29 bits per heavy atom. The molecule has 1 aliphatic rings. The lowest BCUT2D eigenvalue weighted by molar-refractivity contribution is 0.436. The highest BCUT2D eigenvalue weighted by molar-refractivity contribution is 5.05. The van der Waals surface area contributed by atoms with E-state index in [2.05, 4.69) is 5.10 Å². The van der Waals surface area contributed by atoms with Crippen molar-refractivity contribution < 1.29 is 0 Å². The second-order valence-corrected chi connectivity index (χ2v) is 4.37. The van der Waals surface area contributed by atoms with Crippen LogP contribution in [0.2, 0.25) is 0 Å². The first-order valence-corrected chi connectivity index (χ1v) is 5.51. The maximum atomic E-state index is 6.16. The van der Waals surface area contributed by atoms with Gasteiger partial charge in [0, 0.05) is 19.3 Å². The molecule has 1 heterocycles. The Hall–Kier alpha value is -0.830. The van der Waals surface area contributed by atoms with Gasteiger partial charge in [0.2, 0.25) is 0 Å². The molecule has 1 atom stereocenters. The Morgan fingerprint density at radius 1 is 1.57 bits per heavy atom. The minimum Gasteiger partial charge on any atom is -0.323 e. The van der Waals surface area contributed by atoms with E-state index in [0.717, 1.165) is 18.0 Å². The van der Waals surface area contributed by atoms with Crippen LogP contribution in [0.25, 0.3) is 0 Å². The van der Waals surface area contributed by atoms with Crippen LogP contribution < -0.4 is 5.73 Å². The summed E-state index contributed by atoms with van der Waals surface area (Å²) in [5, 5.41) is 4.15. The lowest BCUT2D eigenvalue weighted by Crippen LogP contribution is -2.17. The van der Waals surface area contributed by atoms with Crippen LogP contribution in [0, 0.1) is 5.92 Å². The molecule has 0 aromatic carbocycles. The molecule has 1 aromatic rings. The van der Waals surface area contributed by atoms with E-state index in [0.29, 0.717) is 0 Å². The highest BCUT2D eigenvalue weighted by Crippen LogP contribution is 2.31. The van der Waals surface area contributed by atoms with Crippen LogP contribution >= 0.6 is 0 Å². The average Bonchev–Trinajstić information content (AvgIpc) is 2.75. The third-order valence-corrected chi connectivity index (χ3v) is 3.30. The van der Waals surface area contributed by atoms with Gasteiger partial charge in [-0.25, -0.2) is 0 Å². The predicted molar refractivity (Wildman–Crippen MR) is 56.7 cm³/mol. The summed E-state index contributed by atoms with van der Waals surface area (Å²) in [6, 6.07) is 2.20. The topological polar surface area (TPSA) is 43.8 Å². The molecule has 0 spiro atoms. The van der Waals surface area contributed by atoms with Crippen LogP contribution in [0.3, 0.4) is 0 Å². The van der Waals surface area contributed by atoms with Crippen LogP contribution in [-0.2, 0) is 7.05 Å². The smallest absolute Gasteiger partial charge is 0.0548 e. The number of hydrogen-bond acceptors (Lipinski definition) is 2. The molecular weight excluding hydrogens is 174 g/mol. The molecule has 2 rings (SSSR count). The molecule has 78 valence electrons. The van der Waals surface area contributed by atoms with Crippen molar-refractivity contribution in [1.29, 1.82) is 0 Å². The molecule has 0 radical (unpaired) electrons. The molecule has 0 amide bonds. The summed E-state index contributed by atoms with van der Waals surface area (Å²) in [5.74, 6) is 0.847. The highest BCUT2D eigenvalue weighted by Gasteiger charge is 2.20. The van der Waals surface area contributed by atoms with Crippen LogP contribution in [-0.4, -0.2) is 9.78 Å². The lowest BCUT2D eigenvalue weighted by atomic mass is 9.97. The van der Waals surface area contributed by atoms with E-state index in [9.17, 15) is 0 Å². The van der Waals surface area contributed by atoms with Crippen LogP contribution in [0.4, 0.5) is 0 Å². The predicted octanol–water partition coefficient (Wildman–Crippen LogP) is 2.00. The largest absolute Gasteiger partial charge is 0.323 e. The summed E-state index contributed by atoms with van der Waals surface area (Å²) in [7, 11) is 1.96. The molecule has 3 heteroatoms. The van der Waals surface area contributed by atoms with Crippen molar-refractivity contribution in [2.45, 2.75) is 38.1 Å². The van der Waals surface area contributed by atoms with Crippen molar-refractivity contribution in [3.05, 3.63) is 18.0 Å². The fourth-order valence-corrected chi connectivity index (χ4v) is 2.47. The van der Waals surface area contributed by atoms with E-state index < -0.39 is 0 Å². The lowest BCUT2D eigenvalue weighted by Gasteiger charge is -2.16. The van der Waals surface area contributed by atoms with Crippen molar-refractivity contribution in [1.82, 2.24) is 9.78 Å². The standard InChI is InChI=1S/C11H19N3/c1-14-11(6-7-13-14)10(12)8-9-4-2-3-5-9/h6-7,9-10H,2-5,8,12H2,1H3. The number of nitrogens with two attached hydrogens (primary N) is 1. The highest BCUT2D eigenvalue weighted by atomic mass is 15.3. The van der Waals surface area contributed by atoms with Gasteiger partial charge in [-0.2, -0.15) is 5.10 Å². The molecule has 0 bridgehead atoms. The minimum absolute atomic E-state index is 0.172. The summed E-state index contributed by atoms with van der Waals surface area (Å²) in [4.78, 5) is 0. The minimum atomic E-state index is 0.172. The number of hydrogen-bond donors (Lipinski definition) is 1. The Kier molecular flexibility index (Phi) is 2.87. The molecule has 0 saturated heterocycles. The monoisotopic (exact) mass is 193 g/mol. The fourth-order valence-electron chi connectivity index (χ4n) is 2.47. The van der Waals surface area contributed by atoms with E-state index in [-0.39, 0.29) is 6.04 Å². The molecule has 0 aliphatic heterocycles.